The number of esters is 1. The highest BCUT2D eigenvalue weighted by atomic mass is 35.5. The van der Waals surface area contributed by atoms with Crippen molar-refractivity contribution in [2.75, 3.05) is 0 Å². The lowest BCUT2D eigenvalue weighted by molar-refractivity contribution is 0.0318. The van der Waals surface area contributed by atoms with Gasteiger partial charge in [-0.05, 0) is 43.3 Å². The number of aromatic nitrogens is 1. The topological polar surface area (TPSA) is 56.3 Å². The van der Waals surface area contributed by atoms with Gasteiger partial charge in [0.1, 0.15) is 5.15 Å². The maximum absolute atomic E-state index is 12.1. The Hall–Kier alpha value is -1.91. The van der Waals surface area contributed by atoms with Crippen LogP contribution < -0.4 is 0 Å². The van der Waals surface area contributed by atoms with Crippen LogP contribution >= 0.6 is 23.2 Å². The Morgan fingerprint density at radius 2 is 1.81 bits per heavy atom. The summed E-state index contributed by atoms with van der Waals surface area (Å²) in [7, 11) is 0. The molecule has 2 aromatic rings. The fraction of sp³-hybridized carbons (Fsp3) is 0.133. The van der Waals surface area contributed by atoms with Crippen LogP contribution in [0.25, 0.3) is 0 Å². The molecule has 0 aliphatic heterocycles. The lowest BCUT2D eigenvalue weighted by atomic mass is 10.1. The number of carbonyl (C=O) groups is 2. The van der Waals surface area contributed by atoms with Crippen LogP contribution in [0.3, 0.4) is 0 Å². The Morgan fingerprint density at radius 3 is 2.43 bits per heavy atom. The van der Waals surface area contributed by atoms with Crippen LogP contribution in [0.4, 0.5) is 0 Å². The molecule has 0 aliphatic carbocycles. The molecule has 0 fully saturated rings. The van der Waals surface area contributed by atoms with Crippen LogP contribution in [-0.4, -0.2) is 22.8 Å². The molecule has 0 bridgehead atoms. The van der Waals surface area contributed by atoms with E-state index < -0.39 is 12.1 Å². The van der Waals surface area contributed by atoms with E-state index >= 15 is 0 Å². The first-order chi connectivity index (χ1) is 9.99. The van der Waals surface area contributed by atoms with Crippen LogP contribution in [0.15, 0.2) is 42.6 Å². The van der Waals surface area contributed by atoms with Gasteiger partial charge < -0.3 is 4.74 Å². The summed E-state index contributed by atoms with van der Waals surface area (Å²) >= 11 is 11.6. The van der Waals surface area contributed by atoms with Gasteiger partial charge in [-0.25, -0.2) is 9.78 Å². The average molecular weight is 324 g/mol. The Morgan fingerprint density at radius 1 is 1.14 bits per heavy atom. The molecule has 1 atom stereocenters. The third-order valence-electron chi connectivity index (χ3n) is 2.76. The number of ether oxygens (including phenoxy) is 1. The van der Waals surface area contributed by atoms with E-state index in [1.54, 1.807) is 30.3 Å². The standard InChI is InChI=1S/C15H11Cl2NO3/c1-9(13(19)10-4-6-11(16)7-5-10)21-15(20)12-3-2-8-18-14(12)17/h2-9H,1H3/t9-/m1/s1. The van der Waals surface area contributed by atoms with Gasteiger partial charge in [0.25, 0.3) is 0 Å². The summed E-state index contributed by atoms with van der Waals surface area (Å²) in [5.74, 6) is -1.01. The summed E-state index contributed by atoms with van der Waals surface area (Å²) in [6, 6.07) is 9.39. The molecule has 6 heteroatoms. The highest BCUT2D eigenvalue weighted by molar-refractivity contribution is 6.32. The average Bonchev–Trinajstić information content (AvgIpc) is 2.47. The lowest BCUT2D eigenvalue weighted by Gasteiger charge is -2.12. The zero-order chi connectivity index (χ0) is 15.4. The van der Waals surface area contributed by atoms with E-state index in [1.165, 1.54) is 19.2 Å². The van der Waals surface area contributed by atoms with Gasteiger partial charge >= 0.3 is 5.97 Å². The molecule has 0 aliphatic rings. The molecule has 0 unspecified atom stereocenters. The molecule has 0 radical (unpaired) electrons. The van der Waals surface area contributed by atoms with Gasteiger partial charge in [0.2, 0.25) is 5.78 Å². The van der Waals surface area contributed by atoms with Gasteiger partial charge in [0.15, 0.2) is 6.10 Å². The molecule has 4 nitrogen and oxygen atoms in total. The van der Waals surface area contributed by atoms with Gasteiger partial charge in [-0.3, -0.25) is 4.79 Å². The summed E-state index contributed by atoms with van der Waals surface area (Å²) in [4.78, 5) is 27.9. The summed E-state index contributed by atoms with van der Waals surface area (Å²) in [5.41, 5.74) is 0.534. The molecular formula is C15H11Cl2NO3. The van der Waals surface area contributed by atoms with Crippen molar-refractivity contribution in [2.45, 2.75) is 13.0 Å². The van der Waals surface area contributed by atoms with Gasteiger partial charge in [-0.2, -0.15) is 0 Å². The van der Waals surface area contributed by atoms with Gasteiger partial charge in [-0.15, -0.1) is 0 Å². The van der Waals surface area contributed by atoms with Crippen molar-refractivity contribution in [3.8, 4) is 0 Å². The summed E-state index contributed by atoms with van der Waals surface area (Å²) in [5, 5.41) is 0.562. The van der Waals surface area contributed by atoms with Crippen molar-refractivity contribution in [2.24, 2.45) is 0 Å². The quantitative estimate of drug-likeness (QED) is 0.487. The van der Waals surface area contributed by atoms with Crippen molar-refractivity contribution in [1.29, 1.82) is 0 Å². The number of ketones is 1. The second-order valence-corrected chi connectivity index (χ2v) is 5.05. The van der Waals surface area contributed by atoms with Crippen molar-refractivity contribution >= 4 is 35.0 Å². The second kappa shape index (κ2) is 6.70. The number of Topliss-reactive ketones (excluding diaryl/α,β-unsaturated/α-hetero) is 1. The summed E-state index contributed by atoms with van der Waals surface area (Å²) in [6.07, 6.45) is 0.524. The smallest absolute Gasteiger partial charge is 0.341 e. The maximum atomic E-state index is 12.1. The molecule has 0 saturated heterocycles. The van der Waals surface area contributed by atoms with Gasteiger partial charge in [0.05, 0.1) is 5.56 Å². The van der Waals surface area contributed by atoms with Gasteiger partial charge in [0, 0.05) is 16.8 Å². The Balaban J connectivity index is 2.09. The van der Waals surface area contributed by atoms with Crippen LogP contribution in [0.1, 0.15) is 27.6 Å². The number of pyridine rings is 1. The minimum Gasteiger partial charge on any atom is -0.451 e. The molecule has 0 amide bonds. The van der Waals surface area contributed by atoms with Crippen LogP contribution in [0.5, 0.6) is 0 Å². The van der Waals surface area contributed by atoms with E-state index in [-0.39, 0.29) is 16.5 Å². The Bertz CT molecular complexity index is 671. The number of nitrogens with zero attached hydrogens (tertiary/aromatic N) is 1. The summed E-state index contributed by atoms with van der Waals surface area (Å²) in [6.45, 7) is 1.50. The lowest BCUT2D eigenvalue weighted by Crippen LogP contribution is -2.24. The minimum absolute atomic E-state index is 0.0358. The molecule has 0 spiro atoms. The van der Waals surface area contributed by atoms with Gasteiger partial charge in [-0.1, -0.05) is 23.2 Å². The maximum Gasteiger partial charge on any atom is 0.341 e. The highest BCUT2D eigenvalue weighted by Crippen LogP contribution is 2.16. The number of rotatable bonds is 4. The molecule has 1 heterocycles. The zero-order valence-corrected chi connectivity index (χ0v) is 12.6. The number of halogens is 2. The fourth-order valence-electron chi connectivity index (χ4n) is 1.66. The van der Waals surface area contributed by atoms with Crippen molar-refractivity contribution in [3.63, 3.8) is 0 Å². The molecule has 1 aromatic heterocycles. The molecular weight excluding hydrogens is 313 g/mol. The molecule has 2 rings (SSSR count). The number of hydrogen-bond donors (Lipinski definition) is 0. The first kappa shape index (κ1) is 15.5. The molecule has 108 valence electrons. The van der Waals surface area contributed by atoms with Crippen LogP contribution in [0, 0.1) is 0 Å². The highest BCUT2D eigenvalue weighted by Gasteiger charge is 2.21. The Kier molecular flexibility index (Phi) is 4.94. The Labute approximate surface area is 131 Å². The van der Waals surface area contributed by atoms with E-state index in [9.17, 15) is 9.59 Å². The predicted molar refractivity (Wildman–Crippen MR) is 79.9 cm³/mol. The third kappa shape index (κ3) is 3.80. The van der Waals surface area contributed by atoms with E-state index in [2.05, 4.69) is 4.98 Å². The number of carbonyl (C=O) groups excluding carboxylic acids is 2. The monoisotopic (exact) mass is 323 g/mol. The van der Waals surface area contributed by atoms with Crippen LogP contribution in [0.2, 0.25) is 10.2 Å². The number of benzene rings is 1. The molecule has 21 heavy (non-hydrogen) atoms. The SMILES string of the molecule is C[C@@H](OC(=O)c1cccnc1Cl)C(=O)c1ccc(Cl)cc1. The first-order valence-electron chi connectivity index (χ1n) is 6.10. The molecule has 0 saturated carbocycles. The predicted octanol–water partition coefficient (Wildman–Crippen LogP) is 3.82. The van der Waals surface area contributed by atoms with Crippen LogP contribution in [-0.2, 0) is 4.74 Å². The zero-order valence-electron chi connectivity index (χ0n) is 11.0. The first-order valence-corrected chi connectivity index (χ1v) is 6.86. The van der Waals surface area contributed by atoms with E-state index in [1.807, 2.05) is 0 Å². The van der Waals surface area contributed by atoms with Crippen molar-refractivity contribution < 1.29 is 14.3 Å². The normalized spacial score (nSPS) is 11.8. The largest absolute Gasteiger partial charge is 0.451 e. The third-order valence-corrected chi connectivity index (χ3v) is 3.31. The van der Waals surface area contributed by atoms with E-state index in [0.717, 1.165) is 0 Å². The molecule has 0 N–H and O–H groups in total. The second-order valence-electron chi connectivity index (χ2n) is 4.26. The van der Waals surface area contributed by atoms with Crippen molar-refractivity contribution in [1.82, 2.24) is 4.98 Å². The summed E-state index contributed by atoms with van der Waals surface area (Å²) < 4.78 is 5.12. The van der Waals surface area contributed by atoms with E-state index in [4.69, 9.17) is 27.9 Å². The fourth-order valence-corrected chi connectivity index (χ4v) is 1.99. The molecule has 1 aromatic carbocycles. The van der Waals surface area contributed by atoms with E-state index in [0.29, 0.717) is 10.6 Å². The number of hydrogen-bond acceptors (Lipinski definition) is 4. The minimum atomic E-state index is -0.935. The van der Waals surface area contributed by atoms with Crippen molar-refractivity contribution in [3.05, 3.63) is 63.9 Å².